The number of carbonyl (C=O) groups excluding carboxylic acids is 1. The van der Waals surface area contributed by atoms with Gasteiger partial charge in [-0.05, 0) is 18.1 Å². The van der Waals surface area contributed by atoms with Crippen molar-refractivity contribution in [1.29, 1.82) is 0 Å². The van der Waals surface area contributed by atoms with Crippen LogP contribution in [0, 0.1) is 0 Å². The van der Waals surface area contributed by atoms with Gasteiger partial charge in [-0.3, -0.25) is 14.6 Å². The lowest BCUT2D eigenvalue weighted by Crippen LogP contribution is -2.67. The molecule has 2 aliphatic heterocycles. The average molecular weight is 713 g/mol. The van der Waals surface area contributed by atoms with Crippen molar-refractivity contribution in [2.75, 3.05) is 66.8 Å². The van der Waals surface area contributed by atoms with Crippen molar-refractivity contribution in [1.82, 2.24) is 24.7 Å². The highest BCUT2D eigenvalue weighted by molar-refractivity contribution is 5.85. The molecule has 2 saturated heterocycles. The Labute approximate surface area is 293 Å². The van der Waals surface area contributed by atoms with Gasteiger partial charge in [-0.25, -0.2) is 8.78 Å². The molecule has 0 aliphatic carbocycles. The molecule has 0 N–H and O–H groups in total. The summed E-state index contributed by atoms with van der Waals surface area (Å²) >= 11 is 0. The molecule has 0 radical (unpaired) electrons. The van der Waals surface area contributed by atoms with Gasteiger partial charge in [0.05, 0.1) is 32.3 Å². The quantitative estimate of drug-likeness (QED) is 0.231. The first kappa shape index (κ1) is 39.2. The molecule has 5 rings (SSSR count). The van der Waals surface area contributed by atoms with Crippen molar-refractivity contribution in [3.8, 4) is 17.8 Å². The highest BCUT2D eigenvalue weighted by Gasteiger charge is 2.43. The van der Waals surface area contributed by atoms with Crippen LogP contribution in [0.2, 0.25) is 0 Å². The molecule has 14 heteroatoms. The van der Waals surface area contributed by atoms with Crippen LogP contribution >= 0.6 is 24.8 Å². The molecule has 0 spiro atoms. The summed E-state index contributed by atoms with van der Waals surface area (Å²) in [6, 6.07) is 21.0. The standard InChI is InChI=1S/C34H43F2N5O5.2ClH/c1-4-45-34-37-32(44-3)27(33(38-34)46-23-29(35)36)21-39-19-26-20-40(30(42)15-18-43-2)16-17-41(26)28(22-39)31(24-11-7-5-8-12-24)25-13-9-6-10-14-25;;/h5-14,26,28-29,31H,4,15-23H2,1-3H3;2*1H. The number of alkyl halides is 2. The summed E-state index contributed by atoms with van der Waals surface area (Å²) in [5.41, 5.74) is 2.86. The fourth-order valence-electron chi connectivity index (χ4n) is 6.58. The number of carbonyl (C=O) groups is 1. The van der Waals surface area contributed by atoms with E-state index in [1.807, 2.05) is 17.0 Å². The number of hydrogen-bond acceptors (Lipinski definition) is 9. The summed E-state index contributed by atoms with van der Waals surface area (Å²) in [5, 5.41) is 0. The van der Waals surface area contributed by atoms with Gasteiger partial charge in [0.25, 0.3) is 6.43 Å². The van der Waals surface area contributed by atoms with Gasteiger partial charge < -0.3 is 23.8 Å². The molecular formula is C34H45Cl2F2N5O5. The lowest BCUT2D eigenvalue weighted by molar-refractivity contribution is -0.137. The average Bonchev–Trinajstić information content (AvgIpc) is 3.07. The summed E-state index contributed by atoms with van der Waals surface area (Å²) in [6.07, 6.45) is -2.35. The first-order valence-electron chi connectivity index (χ1n) is 15.7. The number of aromatic nitrogens is 2. The minimum Gasteiger partial charge on any atom is -0.481 e. The maximum atomic E-state index is 13.3. The van der Waals surface area contributed by atoms with Crippen molar-refractivity contribution in [3.63, 3.8) is 0 Å². The molecule has 2 atom stereocenters. The first-order chi connectivity index (χ1) is 22.4. The Morgan fingerprint density at radius 1 is 0.896 bits per heavy atom. The Balaban J connectivity index is 0.00000312. The summed E-state index contributed by atoms with van der Waals surface area (Å²) < 4.78 is 48.4. The number of piperazine rings is 2. The third-order valence-electron chi connectivity index (χ3n) is 8.55. The zero-order chi connectivity index (χ0) is 32.5. The molecule has 1 amide bonds. The number of ether oxygens (including phenoxy) is 4. The van der Waals surface area contributed by atoms with Crippen molar-refractivity contribution in [3.05, 3.63) is 77.4 Å². The van der Waals surface area contributed by atoms with E-state index in [1.54, 1.807) is 14.0 Å². The second-order valence-corrected chi connectivity index (χ2v) is 11.5. The molecule has 2 aliphatic rings. The van der Waals surface area contributed by atoms with Crippen LogP contribution in [0.25, 0.3) is 0 Å². The lowest BCUT2D eigenvalue weighted by atomic mass is 9.81. The first-order valence-corrected chi connectivity index (χ1v) is 15.7. The van der Waals surface area contributed by atoms with Crippen LogP contribution in [0.1, 0.15) is 36.0 Å². The van der Waals surface area contributed by atoms with Crippen LogP contribution in [-0.2, 0) is 16.1 Å². The van der Waals surface area contributed by atoms with Crippen LogP contribution in [0.5, 0.6) is 17.8 Å². The number of benzene rings is 2. The Hall–Kier alpha value is -3.29. The number of rotatable bonds is 14. The van der Waals surface area contributed by atoms with E-state index in [2.05, 4.69) is 68.3 Å². The van der Waals surface area contributed by atoms with Crippen molar-refractivity contribution in [2.45, 2.75) is 44.3 Å². The number of fused-ring (bicyclic) bond motifs is 1. The minimum atomic E-state index is -2.68. The van der Waals surface area contributed by atoms with E-state index in [0.717, 1.165) is 6.54 Å². The van der Waals surface area contributed by atoms with Crippen LogP contribution in [0.3, 0.4) is 0 Å². The van der Waals surface area contributed by atoms with Gasteiger partial charge in [0.1, 0.15) is 0 Å². The summed E-state index contributed by atoms with van der Waals surface area (Å²) in [5.74, 6) is 0.334. The fraction of sp³-hybridized carbons (Fsp3) is 0.500. The molecular weight excluding hydrogens is 667 g/mol. The molecule has 264 valence electrons. The molecule has 0 saturated carbocycles. The predicted octanol–water partition coefficient (Wildman–Crippen LogP) is 4.94. The van der Waals surface area contributed by atoms with E-state index in [1.165, 1.54) is 18.2 Å². The van der Waals surface area contributed by atoms with Crippen LogP contribution in [-0.4, -0.2) is 116 Å². The molecule has 2 unspecified atom stereocenters. The second-order valence-electron chi connectivity index (χ2n) is 11.5. The molecule has 10 nitrogen and oxygen atoms in total. The van der Waals surface area contributed by atoms with Crippen molar-refractivity contribution < 1.29 is 32.5 Å². The molecule has 3 aromatic rings. The lowest BCUT2D eigenvalue weighted by Gasteiger charge is -2.53. The largest absolute Gasteiger partial charge is 0.481 e. The van der Waals surface area contributed by atoms with E-state index < -0.39 is 13.0 Å². The monoisotopic (exact) mass is 711 g/mol. The Bertz CT molecular complexity index is 1380. The topological polar surface area (TPSA) is 89.5 Å². The minimum absolute atomic E-state index is 0. The number of amides is 1. The van der Waals surface area contributed by atoms with E-state index in [0.29, 0.717) is 57.9 Å². The Morgan fingerprint density at radius 2 is 1.54 bits per heavy atom. The van der Waals surface area contributed by atoms with Crippen LogP contribution in [0.4, 0.5) is 8.78 Å². The smallest absolute Gasteiger partial charge is 0.323 e. The molecule has 2 fully saturated rings. The van der Waals surface area contributed by atoms with E-state index in [4.69, 9.17) is 18.9 Å². The van der Waals surface area contributed by atoms with Gasteiger partial charge in [-0.1, -0.05) is 60.7 Å². The summed E-state index contributed by atoms with van der Waals surface area (Å²) in [4.78, 5) is 28.6. The number of hydrogen-bond donors (Lipinski definition) is 0. The van der Waals surface area contributed by atoms with E-state index in [-0.39, 0.29) is 66.5 Å². The summed E-state index contributed by atoms with van der Waals surface area (Å²) in [7, 11) is 3.07. The normalized spacial score (nSPS) is 18.1. The van der Waals surface area contributed by atoms with Gasteiger partial charge in [0.2, 0.25) is 17.7 Å². The van der Waals surface area contributed by atoms with Crippen LogP contribution < -0.4 is 14.2 Å². The van der Waals surface area contributed by atoms with E-state index >= 15 is 0 Å². The van der Waals surface area contributed by atoms with Gasteiger partial charge in [0.15, 0.2) is 6.61 Å². The van der Waals surface area contributed by atoms with Crippen LogP contribution in [0.15, 0.2) is 60.7 Å². The molecule has 0 bridgehead atoms. The molecule has 3 heterocycles. The van der Waals surface area contributed by atoms with Gasteiger partial charge in [-0.15, -0.1) is 24.8 Å². The van der Waals surface area contributed by atoms with Crippen molar-refractivity contribution in [2.24, 2.45) is 0 Å². The number of methoxy groups -OCH3 is 2. The van der Waals surface area contributed by atoms with Crippen molar-refractivity contribution >= 4 is 30.7 Å². The molecule has 2 aromatic carbocycles. The zero-order valence-corrected chi connectivity index (χ0v) is 29.1. The highest BCUT2D eigenvalue weighted by Crippen LogP contribution is 2.37. The zero-order valence-electron chi connectivity index (χ0n) is 27.5. The molecule has 48 heavy (non-hydrogen) atoms. The Kier molecular flexibility index (Phi) is 15.5. The maximum Gasteiger partial charge on any atom is 0.323 e. The van der Waals surface area contributed by atoms with Gasteiger partial charge in [0, 0.05) is 64.4 Å². The second kappa shape index (κ2) is 19.0. The predicted molar refractivity (Wildman–Crippen MR) is 183 cm³/mol. The summed E-state index contributed by atoms with van der Waals surface area (Å²) in [6.45, 7) is 5.16. The third-order valence-corrected chi connectivity index (χ3v) is 8.55. The van der Waals surface area contributed by atoms with E-state index in [9.17, 15) is 13.6 Å². The highest BCUT2D eigenvalue weighted by atomic mass is 35.5. The SMILES string of the molecule is CCOc1nc(OC)c(CN2CC3CN(C(=O)CCOC)CCN3C(C(c3ccccc3)c3ccccc3)C2)c(OCC(F)F)n1.Cl.Cl. The Morgan fingerprint density at radius 3 is 2.12 bits per heavy atom. The molecule has 1 aromatic heterocycles. The van der Waals surface area contributed by atoms with Gasteiger partial charge >= 0.3 is 6.01 Å². The maximum absolute atomic E-state index is 13.3. The number of halogens is 4. The number of nitrogens with zero attached hydrogens (tertiary/aromatic N) is 5. The third kappa shape index (κ3) is 9.66. The van der Waals surface area contributed by atoms with Gasteiger partial charge in [-0.2, -0.15) is 9.97 Å². The fourth-order valence-corrected chi connectivity index (χ4v) is 6.58.